The number of hydrogen-bond donors (Lipinski definition) is 1. The molecule has 2 aromatic carbocycles. The van der Waals surface area contributed by atoms with Crippen LogP contribution in [0.4, 0.5) is 17.1 Å². The Hall–Kier alpha value is -2.47. The lowest BCUT2D eigenvalue weighted by Crippen LogP contribution is -2.50. The van der Waals surface area contributed by atoms with Gasteiger partial charge in [-0.2, -0.15) is 0 Å². The number of piperazine rings is 1. The number of hydrogen-bond acceptors (Lipinski definition) is 4. The summed E-state index contributed by atoms with van der Waals surface area (Å²) in [6.45, 7) is 10.1. The van der Waals surface area contributed by atoms with E-state index in [1.54, 1.807) is 7.11 Å². The zero-order chi connectivity index (χ0) is 19.9. The standard InChI is InChI=1S/C22H30N4OS/c1-4-24(5-2)19-11-9-18(10-12-19)23-22(28)26-15-13-25(14-16-26)20-7-6-8-21(17-20)27-3/h6-12,17H,4-5,13-16H2,1-3H3,(H,23,28). The van der Waals surface area contributed by atoms with Crippen molar-refractivity contribution >= 4 is 34.4 Å². The smallest absolute Gasteiger partial charge is 0.173 e. The molecule has 1 aliphatic heterocycles. The minimum atomic E-state index is 0.792. The lowest BCUT2D eigenvalue weighted by atomic mass is 10.2. The minimum Gasteiger partial charge on any atom is -0.497 e. The molecule has 0 radical (unpaired) electrons. The van der Waals surface area contributed by atoms with Gasteiger partial charge in [-0.05, 0) is 62.5 Å². The Morgan fingerprint density at radius 1 is 1.04 bits per heavy atom. The van der Waals surface area contributed by atoms with Crippen molar-refractivity contribution in [3.8, 4) is 5.75 Å². The van der Waals surface area contributed by atoms with Crippen LogP contribution in [-0.4, -0.2) is 56.4 Å². The monoisotopic (exact) mass is 398 g/mol. The van der Waals surface area contributed by atoms with E-state index in [9.17, 15) is 0 Å². The molecule has 1 aliphatic rings. The molecule has 0 spiro atoms. The maximum atomic E-state index is 5.65. The maximum absolute atomic E-state index is 5.65. The van der Waals surface area contributed by atoms with E-state index in [2.05, 4.69) is 70.3 Å². The molecule has 2 aromatic rings. The van der Waals surface area contributed by atoms with Gasteiger partial charge < -0.3 is 24.8 Å². The molecule has 28 heavy (non-hydrogen) atoms. The van der Waals surface area contributed by atoms with E-state index in [1.165, 1.54) is 11.4 Å². The number of benzene rings is 2. The summed E-state index contributed by atoms with van der Waals surface area (Å²) in [5.74, 6) is 0.894. The van der Waals surface area contributed by atoms with Crippen LogP contribution >= 0.6 is 12.2 Å². The molecule has 1 heterocycles. The first kappa shape index (κ1) is 20.3. The quantitative estimate of drug-likeness (QED) is 0.739. The van der Waals surface area contributed by atoms with Gasteiger partial charge in [0.2, 0.25) is 0 Å². The summed E-state index contributed by atoms with van der Waals surface area (Å²) in [6.07, 6.45) is 0. The number of methoxy groups -OCH3 is 1. The zero-order valence-electron chi connectivity index (χ0n) is 17.0. The first-order chi connectivity index (χ1) is 13.6. The highest BCUT2D eigenvalue weighted by atomic mass is 32.1. The molecule has 0 amide bonds. The van der Waals surface area contributed by atoms with Gasteiger partial charge in [0.05, 0.1) is 7.11 Å². The second-order valence-electron chi connectivity index (χ2n) is 6.82. The number of anilines is 3. The van der Waals surface area contributed by atoms with Crippen LogP contribution in [0.1, 0.15) is 13.8 Å². The van der Waals surface area contributed by atoms with Crippen molar-refractivity contribution in [1.29, 1.82) is 0 Å². The first-order valence-corrected chi connectivity index (χ1v) is 10.3. The van der Waals surface area contributed by atoms with Crippen LogP contribution in [0.2, 0.25) is 0 Å². The summed E-state index contributed by atoms with van der Waals surface area (Å²) < 4.78 is 5.34. The molecule has 0 bridgehead atoms. The Bertz CT molecular complexity index is 768. The second kappa shape index (κ2) is 9.64. The lowest BCUT2D eigenvalue weighted by Gasteiger charge is -2.37. The van der Waals surface area contributed by atoms with E-state index in [1.807, 2.05) is 12.1 Å². The van der Waals surface area contributed by atoms with Crippen LogP contribution in [0.25, 0.3) is 0 Å². The van der Waals surface area contributed by atoms with E-state index >= 15 is 0 Å². The van der Waals surface area contributed by atoms with Crippen LogP contribution in [0.3, 0.4) is 0 Å². The summed E-state index contributed by atoms with van der Waals surface area (Å²) in [4.78, 5) is 6.95. The van der Waals surface area contributed by atoms with Crippen molar-refractivity contribution in [2.45, 2.75) is 13.8 Å². The Kier molecular flexibility index (Phi) is 6.98. The van der Waals surface area contributed by atoms with E-state index in [0.29, 0.717) is 0 Å². The average molecular weight is 399 g/mol. The summed E-state index contributed by atoms with van der Waals surface area (Å²) in [5, 5.41) is 4.18. The number of ether oxygens (including phenoxy) is 1. The Labute approximate surface area is 173 Å². The van der Waals surface area contributed by atoms with Gasteiger partial charge in [0.15, 0.2) is 5.11 Å². The molecule has 0 unspecified atom stereocenters. The molecule has 1 fully saturated rings. The second-order valence-corrected chi connectivity index (χ2v) is 7.21. The summed E-state index contributed by atoms with van der Waals surface area (Å²) in [6, 6.07) is 16.7. The Morgan fingerprint density at radius 2 is 1.71 bits per heavy atom. The van der Waals surface area contributed by atoms with Crippen molar-refractivity contribution in [2.75, 3.05) is 61.5 Å². The molecular weight excluding hydrogens is 368 g/mol. The third-order valence-corrected chi connectivity index (χ3v) is 5.59. The summed E-state index contributed by atoms with van der Waals surface area (Å²) >= 11 is 5.65. The van der Waals surface area contributed by atoms with Crippen molar-refractivity contribution in [2.24, 2.45) is 0 Å². The number of rotatable bonds is 6. The fraction of sp³-hybridized carbons (Fsp3) is 0.409. The molecule has 150 valence electrons. The summed E-state index contributed by atoms with van der Waals surface area (Å²) in [7, 11) is 1.70. The van der Waals surface area contributed by atoms with Crippen LogP contribution in [0, 0.1) is 0 Å². The number of thiocarbonyl (C=S) groups is 1. The fourth-order valence-corrected chi connectivity index (χ4v) is 3.82. The van der Waals surface area contributed by atoms with E-state index in [4.69, 9.17) is 17.0 Å². The van der Waals surface area contributed by atoms with Crippen LogP contribution in [-0.2, 0) is 0 Å². The Balaban J connectivity index is 1.53. The molecule has 1 N–H and O–H groups in total. The van der Waals surface area contributed by atoms with Crippen molar-refractivity contribution in [3.05, 3.63) is 48.5 Å². The number of nitrogens with one attached hydrogen (secondary N) is 1. The van der Waals surface area contributed by atoms with Gasteiger partial charge in [-0.15, -0.1) is 0 Å². The van der Waals surface area contributed by atoms with Gasteiger partial charge >= 0.3 is 0 Å². The third-order valence-electron chi connectivity index (χ3n) is 5.23. The molecule has 0 aromatic heterocycles. The van der Waals surface area contributed by atoms with Gasteiger partial charge in [-0.25, -0.2) is 0 Å². The average Bonchev–Trinajstić information content (AvgIpc) is 2.76. The first-order valence-electron chi connectivity index (χ1n) is 9.94. The van der Waals surface area contributed by atoms with Crippen LogP contribution in [0.15, 0.2) is 48.5 Å². The van der Waals surface area contributed by atoms with Crippen molar-refractivity contribution < 1.29 is 4.74 Å². The van der Waals surface area contributed by atoms with Gasteiger partial charge in [-0.3, -0.25) is 0 Å². The zero-order valence-corrected chi connectivity index (χ0v) is 17.8. The summed E-state index contributed by atoms with van der Waals surface area (Å²) in [5.41, 5.74) is 3.48. The van der Waals surface area contributed by atoms with Crippen molar-refractivity contribution in [1.82, 2.24) is 4.90 Å². The topological polar surface area (TPSA) is 31.0 Å². The molecular formula is C22H30N4OS. The number of nitrogens with zero attached hydrogens (tertiary/aromatic N) is 3. The normalized spacial score (nSPS) is 14.0. The van der Waals surface area contributed by atoms with Gasteiger partial charge in [0.25, 0.3) is 0 Å². The van der Waals surface area contributed by atoms with E-state index in [-0.39, 0.29) is 0 Å². The highest BCUT2D eigenvalue weighted by Crippen LogP contribution is 2.23. The molecule has 0 aliphatic carbocycles. The maximum Gasteiger partial charge on any atom is 0.173 e. The van der Waals surface area contributed by atoms with Gasteiger partial charge in [0.1, 0.15) is 5.75 Å². The van der Waals surface area contributed by atoms with E-state index in [0.717, 1.165) is 55.8 Å². The highest BCUT2D eigenvalue weighted by Gasteiger charge is 2.19. The lowest BCUT2D eigenvalue weighted by molar-refractivity contribution is 0.389. The SMILES string of the molecule is CCN(CC)c1ccc(NC(=S)N2CCN(c3cccc(OC)c3)CC2)cc1. The third kappa shape index (κ3) is 4.87. The fourth-order valence-electron chi connectivity index (χ4n) is 3.52. The van der Waals surface area contributed by atoms with Crippen LogP contribution in [0.5, 0.6) is 5.75 Å². The van der Waals surface area contributed by atoms with Gasteiger partial charge in [0, 0.05) is 62.4 Å². The molecule has 0 saturated carbocycles. The highest BCUT2D eigenvalue weighted by molar-refractivity contribution is 7.80. The predicted molar refractivity (Wildman–Crippen MR) is 123 cm³/mol. The molecule has 0 atom stereocenters. The largest absolute Gasteiger partial charge is 0.497 e. The Morgan fingerprint density at radius 3 is 2.32 bits per heavy atom. The van der Waals surface area contributed by atoms with Crippen molar-refractivity contribution in [3.63, 3.8) is 0 Å². The van der Waals surface area contributed by atoms with Gasteiger partial charge in [-0.1, -0.05) is 6.07 Å². The van der Waals surface area contributed by atoms with E-state index < -0.39 is 0 Å². The molecule has 6 heteroatoms. The predicted octanol–water partition coefficient (Wildman–Crippen LogP) is 4.06. The van der Waals surface area contributed by atoms with Crippen LogP contribution < -0.4 is 19.9 Å². The minimum absolute atomic E-state index is 0.792. The molecule has 1 saturated heterocycles. The molecule has 5 nitrogen and oxygen atoms in total. The molecule has 3 rings (SSSR count).